The summed E-state index contributed by atoms with van der Waals surface area (Å²) in [5.41, 5.74) is 2.25. The van der Waals surface area contributed by atoms with E-state index in [-0.39, 0.29) is 0 Å². The van der Waals surface area contributed by atoms with Crippen molar-refractivity contribution in [1.82, 2.24) is 5.32 Å². The van der Waals surface area contributed by atoms with Crippen molar-refractivity contribution < 1.29 is 9.15 Å². The molecule has 1 N–H and O–H groups in total. The van der Waals surface area contributed by atoms with Crippen LogP contribution in [0.25, 0.3) is 0 Å². The van der Waals surface area contributed by atoms with E-state index >= 15 is 0 Å². The number of hydrogen-bond donors (Lipinski definition) is 1. The summed E-state index contributed by atoms with van der Waals surface area (Å²) in [6.07, 6.45) is 0. The zero-order valence-electron chi connectivity index (χ0n) is 13.0. The van der Waals surface area contributed by atoms with E-state index in [0.29, 0.717) is 23.4 Å². The molecule has 0 atom stereocenters. The minimum Gasteiger partial charge on any atom is -0.484 e. The van der Waals surface area contributed by atoms with Crippen LogP contribution in [0.3, 0.4) is 0 Å². The molecule has 1 aromatic carbocycles. The van der Waals surface area contributed by atoms with E-state index in [9.17, 15) is 0 Å². The minimum absolute atomic E-state index is 0.380. The highest BCUT2D eigenvalue weighted by atomic mass is 35.5. The highest BCUT2D eigenvalue weighted by Gasteiger charge is 2.09. The third kappa shape index (κ3) is 4.51. The average molecular weight is 308 g/mol. The van der Waals surface area contributed by atoms with Crippen molar-refractivity contribution in [1.29, 1.82) is 0 Å². The molecule has 3 nitrogen and oxygen atoms in total. The van der Waals surface area contributed by atoms with Crippen molar-refractivity contribution in [2.75, 3.05) is 0 Å². The van der Waals surface area contributed by atoms with Gasteiger partial charge in [-0.15, -0.1) is 0 Å². The molecule has 0 radical (unpaired) electrons. The molecule has 0 aliphatic heterocycles. The molecule has 0 bridgehead atoms. The Morgan fingerprint density at radius 1 is 1.24 bits per heavy atom. The number of aryl methyl sites for hydroxylation is 2. The van der Waals surface area contributed by atoms with Gasteiger partial charge in [0, 0.05) is 6.04 Å². The van der Waals surface area contributed by atoms with Crippen molar-refractivity contribution in [3.8, 4) is 5.75 Å². The minimum atomic E-state index is 0.380. The predicted octanol–water partition coefficient (Wildman–Crippen LogP) is 4.63. The lowest BCUT2D eigenvalue weighted by atomic mass is 10.2. The first-order valence-corrected chi connectivity index (χ1v) is 7.54. The third-order valence-electron chi connectivity index (χ3n) is 3.20. The van der Waals surface area contributed by atoms with Crippen molar-refractivity contribution in [3.63, 3.8) is 0 Å². The van der Waals surface area contributed by atoms with E-state index in [2.05, 4.69) is 19.2 Å². The lowest BCUT2D eigenvalue weighted by Gasteiger charge is -2.07. The molecule has 1 aromatic heterocycles. The highest BCUT2D eigenvalue weighted by Crippen LogP contribution is 2.26. The van der Waals surface area contributed by atoms with Gasteiger partial charge in [0.2, 0.25) is 0 Å². The van der Waals surface area contributed by atoms with Gasteiger partial charge in [-0.2, -0.15) is 0 Å². The molecular weight excluding hydrogens is 286 g/mol. The molecule has 2 rings (SSSR count). The van der Waals surface area contributed by atoms with Gasteiger partial charge in [0.05, 0.1) is 11.6 Å². The molecule has 0 spiro atoms. The molecule has 4 heteroatoms. The predicted molar refractivity (Wildman–Crippen MR) is 85.9 cm³/mol. The number of halogens is 1. The van der Waals surface area contributed by atoms with Crippen LogP contribution >= 0.6 is 11.6 Å². The summed E-state index contributed by atoms with van der Waals surface area (Å²) in [6, 6.07) is 8.20. The van der Waals surface area contributed by atoms with Crippen LogP contribution < -0.4 is 10.1 Å². The number of ether oxygens (including phenoxy) is 1. The Balaban J connectivity index is 1.98. The first-order chi connectivity index (χ1) is 9.95. The zero-order valence-corrected chi connectivity index (χ0v) is 13.8. The van der Waals surface area contributed by atoms with E-state index in [1.165, 1.54) is 0 Å². The first-order valence-electron chi connectivity index (χ1n) is 7.16. The SMILES string of the molecule is Cc1ccc(OCc2cc(C)c(CNC(C)C)o2)c(Cl)c1. The number of furan rings is 1. The van der Waals surface area contributed by atoms with Crippen LogP contribution in [-0.4, -0.2) is 6.04 Å². The number of rotatable bonds is 6. The summed E-state index contributed by atoms with van der Waals surface area (Å²) in [5, 5.41) is 3.97. The fourth-order valence-electron chi connectivity index (χ4n) is 2.01. The molecule has 1 heterocycles. The van der Waals surface area contributed by atoms with E-state index in [1.54, 1.807) is 0 Å². The van der Waals surface area contributed by atoms with Gasteiger partial charge in [0.15, 0.2) is 0 Å². The van der Waals surface area contributed by atoms with Gasteiger partial charge in [-0.1, -0.05) is 31.5 Å². The molecular formula is C17H22ClNO2. The summed E-state index contributed by atoms with van der Waals surface area (Å²) in [6.45, 7) is 9.38. The molecule has 0 aliphatic carbocycles. The molecule has 2 aromatic rings. The van der Waals surface area contributed by atoms with E-state index in [1.807, 2.05) is 38.1 Å². The van der Waals surface area contributed by atoms with Crippen LogP contribution in [0, 0.1) is 13.8 Å². The summed E-state index contributed by atoms with van der Waals surface area (Å²) < 4.78 is 11.5. The first kappa shape index (κ1) is 15.9. The van der Waals surface area contributed by atoms with Crippen LogP contribution in [0.4, 0.5) is 0 Å². The second-order valence-electron chi connectivity index (χ2n) is 5.58. The van der Waals surface area contributed by atoms with E-state index < -0.39 is 0 Å². The van der Waals surface area contributed by atoms with Crippen molar-refractivity contribution in [2.45, 2.75) is 46.9 Å². The topological polar surface area (TPSA) is 34.4 Å². The van der Waals surface area contributed by atoms with Crippen molar-refractivity contribution >= 4 is 11.6 Å². The Bertz CT molecular complexity index is 605. The summed E-state index contributed by atoms with van der Waals surface area (Å²) >= 11 is 6.15. The third-order valence-corrected chi connectivity index (χ3v) is 3.50. The zero-order chi connectivity index (χ0) is 15.4. The quantitative estimate of drug-likeness (QED) is 0.845. The second-order valence-corrected chi connectivity index (χ2v) is 5.98. The lowest BCUT2D eigenvalue weighted by Crippen LogP contribution is -2.21. The van der Waals surface area contributed by atoms with Gasteiger partial charge < -0.3 is 14.5 Å². The molecule has 0 fully saturated rings. The van der Waals surface area contributed by atoms with Crippen molar-refractivity contribution in [2.24, 2.45) is 0 Å². The molecule has 0 saturated carbocycles. The van der Waals surface area contributed by atoms with Crippen LogP contribution in [0.15, 0.2) is 28.7 Å². The highest BCUT2D eigenvalue weighted by molar-refractivity contribution is 6.32. The normalized spacial score (nSPS) is 11.1. The largest absolute Gasteiger partial charge is 0.484 e. The van der Waals surface area contributed by atoms with Gasteiger partial charge in [0.1, 0.15) is 23.9 Å². The van der Waals surface area contributed by atoms with Crippen LogP contribution in [0.5, 0.6) is 5.75 Å². The fraction of sp³-hybridized carbons (Fsp3) is 0.412. The second kappa shape index (κ2) is 7.01. The van der Waals surface area contributed by atoms with Crippen LogP contribution in [0.1, 0.15) is 36.5 Å². The molecule has 0 unspecified atom stereocenters. The molecule has 0 aliphatic rings. The van der Waals surface area contributed by atoms with E-state index in [0.717, 1.165) is 29.2 Å². The monoisotopic (exact) mass is 307 g/mol. The Morgan fingerprint density at radius 2 is 2.00 bits per heavy atom. The van der Waals surface area contributed by atoms with Crippen LogP contribution in [0.2, 0.25) is 5.02 Å². The van der Waals surface area contributed by atoms with Gasteiger partial charge in [0.25, 0.3) is 0 Å². The maximum atomic E-state index is 6.15. The van der Waals surface area contributed by atoms with Crippen LogP contribution in [-0.2, 0) is 13.2 Å². The van der Waals surface area contributed by atoms with Gasteiger partial charge in [-0.05, 0) is 43.2 Å². The summed E-state index contributed by atoms with van der Waals surface area (Å²) in [7, 11) is 0. The maximum absolute atomic E-state index is 6.15. The summed E-state index contributed by atoms with van der Waals surface area (Å²) in [5.74, 6) is 2.44. The van der Waals surface area contributed by atoms with Gasteiger partial charge >= 0.3 is 0 Å². The van der Waals surface area contributed by atoms with Gasteiger partial charge in [-0.3, -0.25) is 0 Å². The fourth-order valence-corrected chi connectivity index (χ4v) is 2.30. The Labute approximate surface area is 131 Å². The maximum Gasteiger partial charge on any atom is 0.146 e. The van der Waals surface area contributed by atoms with Gasteiger partial charge in [-0.25, -0.2) is 0 Å². The Morgan fingerprint density at radius 3 is 2.67 bits per heavy atom. The standard InChI is InChI=1S/C17H22ClNO2/c1-11(2)19-9-17-13(4)8-14(21-17)10-20-16-6-5-12(3)7-15(16)18/h5-8,11,19H,9-10H2,1-4H3. The Hall–Kier alpha value is -1.45. The number of hydrogen-bond acceptors (Lipinski definition) is 3. The molecule has 0 amide bonds. The number of nitrogens with one attached hydrogen (secondary N) is 1. The molecule has 114 valence electrons. The van der Waals surface area contributed by atoms with Crippen molar-refractivity contribution in [3.05, 3.63) is 51.9 Å². The average Bonchev–Trinajstić information content (AvgIpc) is 2.76. The molecule has 21 heavy (non-hydrogen) atoms. The Kier molecular flexibility index (Phi) is 5.32. The molecule has 0 saturated heterocycles. The lowest BCUT2D eigenvalue weighted by molar-refractivity contribution is 0.264. The number of benzene rings is 1. The summed E-state index contributed by atoms with van der Waals surface area (Å²) in [4.78, 5) is 0. The smallest absolute Gasteiger partial charge is 0.146 e. The van der Waals surface area contributed by atoms with E-state index in [4.69, 9.17) is 20.8 Å².